The lowest BCUT2D eigenvalue weighted by Gasteiger charge is -2.14. The van der Waals surface area contributed by atoms with Crippen LogP contribution in [0.2, 0.25) is 0 Å². The number of esters is 1. The molecule has 3 rings (SSSR count). The lowest BCUT2D eigenvalue weighted by molar-refractivity contribution is 0.0534. The Morgan fingerprint density at radius 2 is 1.74 bits per heavy atom. The van der Waals surface area contributed by atoms with E-state index in [-0.39, 0.29) is 34.9 Å². The van der Waals surface area contributed by atoms with Crippen molar-refractivity contribution in [2.75, 3.05) is 6.61 Å². The minimum Gasteiger partial charge on any atom is -0.457 e. The number of fused-ring (bicyclic) bond motifs is 1. The van der Waals surface area contributed by atoms with Gasteiger partial charge >= 0.3 is 5.97 Å². The summed E-state index contributed by atoms with van der Waals surface area (Å²) in [4.78, 5) is 36.1. The van der Waals surface area contributed by atoms with Crippen LogP contribution in [0.4, 0.5) is 4.39 Å². The average molecular weight is 310 g/mol. The maximum Gasteiger partial charge on any atom is 0.338 e. The van der Waals surface area contributed by atoms with E-state index in [1.165, 1.54) is 24.3 Å². The molecule has 1 aliphatic rings. The molecule has 4 nitrogen and oxygen atoms in total. The summed E-state index contributed by atoms with van der Waals surface area (Å²) in [5, 5.41) is 0. The Hall–Kier alpha value is -3.08. The number of hydrogen-bond donors (Lipinski definition) is 0. The maximum atomic E-state index is 13.1. The molecule has 0 fully saturated rings. The quantitative estimate of drug-likeness (QED) is 0.818. The molecular weight excluding hydrogens is 299 g/mol. The van der Waals surface area contributed by atoms with Crippen molar-refractivity contribution in [3.8, 4) is 0 Å². The van der Waals surface area contributed by atoms with E-state index in [4.69, 9.17) is 4.74 Å². The molecule has 0 radical (unpaired) electrons. The second kappa shape index (κ2) is 5.96. The fourth-order valence-electron chi connectivity index (χ4n) is 2.32. The minimum absolute atomic E-state index is 0.0422. The second-order valence-corrected chi connectivity index (χ2v) is 5.00. The molecular formula is C18H11FO4. The van der Waals surface area contributed by atoms with Gasteiger partial charge in [-0.15, -0.1) is 0 Å². The van der Waals surface area contributed by atoms with Gasteiger partial charge in [-0.05, 0) is 24.3 Å². The zero-order chi connectivity index (χ0) is 16.4. The molecule has 0 heterocycles. The van der Waals surface area contributed by atoms with Crippen molar-refractivity contribution >= 4 is 17.5 Å². The van der Waals surface area contributed by atoms with Gasteiger partial charge in [0.25, 0.3) is 0 Å². The molecule has 0 saturated heterocycles. The van der Waals surface area contributed by atoms with Crippen LogP contribution in [0.1, 0.15) is 31.1 Å². The van der Waals surface area contributed by atoms with Gasteiger partial charge in [-0.2, -0.15) is 0 Å². The van der Waals surface area contributed by atoms with Gasteiger partial charge in [0.05, 0.1) is 5.56 Å². The molecule has 2 aromatic carbocycles. The van der Waals surface area contributed by atoms with Gasteiger partial charge in [-0.25, -0.2) is 9.18 Å². The van der Waals surface area contributed by atoms with Crippen LogP contribution in [-0.4, -0.2) is 24.1 Å². The van der Waals surface area contributed by atoms with Crippen LogP contribution in [0.15, 0.2) is 60.2 Å². The first-order valence-corrected chi connectivity index (χ1v) is 6.87. The van der Waals surface area contributed by atoms with E-state index in [0.29, 0.717) is 5.56 Å². The summed E-state index contributed by atoms with van der Waals surface area (Å²) in [6.45, 7) is -0.339. The number of halogens is 1. The molecule has 0 saturated carbocycles. The molecule has 23 heavy (non-hydrogen) atoms. The van der Waals surface area contributed by atoms with Gasteiger partial charge in [-0.3, -0.25) is 9.59 Å². The number of benzene rings is 2. The molecule has 1 aliphatic carbocycles. The van der Waals surface area contributed by atoms with E-state index in [9.17, 15) is 18.8 Å². The van der Waals surface area contributed by atoms with Gasteiger partial charge in [0.2, 0.25) is 0 Å². The largest absolute Gasteiger partial charge is 0.457 e. The van der Waals surface area contributed by atoms with Crippen LogP contribution in [0.3, 0.4) is 0 Å². The van der Waals surface area contributed by atoms with E-state index < -0.39 is 11.8 Å². The number of Topliss-reactive ketones (excluding diaryl/α,β-unsaturated/α-hetero) is 1. The molecule has 0 unspecified atom stereocenters. The number of hydrogen-bond acceptors (Lipinski definition) is 4. The van der Waals surface area contributed by atoms with Crippen LogP contribution in [0.5, 0.6) is 0 Å². The fourth-order valence-corrected chi connectivity index (χ4v) is 2.32. The van der Waals surface area contributed by atoms with Crippen LogP contribution >= 0.6 is 0 Å². The van der Waals surface area contributed by atoms with Gasteiger partial charge < -0.3 is 4.74 Å². The normalized spacial score (nSPS) is 13.3. The average Bonchev–Trinajstić information content (AvgIpc) is 2.56. The van der Waals surface area contributed by atoms with Gasteiger partial charge in [0.15, 0.2) is 11.6 Å². The topological polar surface area (TPSA) is 60.4 Å². The number of ketones is 2. The van der Waals surface area contributed by atoms with Crippen molar-refractivity contribution in [2.45, 2.75) is 0 Å². The molecule has 2 aromatic rings. The SMILES string of the molecule is O=C(OCC1=CC(=O)c2ccccc2C1=O)c1cccc(F)c1. The van der Waals surface area contributed by atoms with Crippen LogP contribution in [0.25, 0.3) is 0 Å². The molecule has 0 aromatic heterocycles. The van der Waals surface area contributed by atoms with Crippen LogP contribution in [-0.2, 0) is 4.74 Å². The predicted molar refractivity (Wildman–Crippen MR) is 79.9 cm³/mol. The van der Waals surface area contributed by atoms with Crippen molar-refractivity contribution in [3.05, 3.63) is 82.7 Å². The highest BCUT2D eigenvalue weighted by atomic mass is 19.1. The molecule has 0 amide bonds. The first kappa shape index (κ1) is 14.8. The Bertz CT molecular complexity index is 852. The van der Waals surface area contributed by atoms with Gasteiger partial charge in [-0.1, -0.05) is 30.3 Å². The Morgan fingerprint density at radius 3 is 2.48 bits per heavy atom. The van der Waals surface area contributed by atoms with Gasteiger partial charge in [0.1, 0.15) is 12.4 Å². The maximum absolute atomic E-state index is 13.1. The minimum atomic E-state index is -0.760. The number of allylic oxidation sites excluding steroid dienone is 1. The second-order valence-electron chi connectivity index (χ2n) is 5.00. The summed E-state index contributed by atoms with van der Waals surface area (Å²) >= 11 is 0. The molecule has 0 N–H and O–H groups in total. The number of carbonyl (C=O) groups excluding carboxylic acids is 3. The Labute approximate surface area is 131 Å². The first-order valence-electron chi connectivity index (χ1n) is 6.87. The molecule has 5 heteroatoms. The van der Waals surface area contributed by atoms with Crippen molar-refractivity contribution in [1.29, 1.82) is 0 Å². The number of ether oxygens (including phenoxy) is 1. The number of rotatable bonds is 3. The molecule has 0 spiro atoms. The third-order valence-electron chi connectivity index (χ3n) is 3.45. The summed E-state index contributed by atoms with van der Waals surface area (Å²) in [6.07, 6.45) is 1.17. The van der Waals surface area contributed by atoms with E-state index in [1.807, 2.05) is 0 Å². The Balaban J connectivity index is 1.75. The Kier molecular flexibility index (Phi) is 3.85. The van der Waals surface area contributed by atoms with Crippen molar-refractivity contribution in [1.82, 2.24) is 0 Å². The lowest BCUT2D eigenvalue weighted by Crippen LogP contribution is -2.21. The number of carbonyl (C=O) groups is 3. The highest BCUT2D eigenvalue weighted by Crippen LogP contribution is 2.21. The molecule has 0 bridgehead atoms. The standard InChI is InChI=1S/C18H11FO4/c19-13-5-3-4-11(8-13)18(22)23-10-12-9-16(20)14-6-1-2-7-15(14)17(12)21/h1-9H,10H2. The summed E-state index contributed by atoms with van der Waals surface area (Å²) in [6, 6.07) is 11.5. The molecule has 114 valence electrons. The summed E-state index contributed by atoms with van der Waals surface area (Å²) < 4.78 is 18.1. The van der Waals surface area contributed by atoms with Crippen molar-refractivity contribution < 1.29 is 23.5 Å². The van der Waals surface area contributed by atoms with E-state index in [2.05, 4.69) is 0 Å². The zero-order valence-electron chi connectivity index (χ0n) is 11.9. The van der Waals surface area contributed by atoms with Crippen LogP contribution < -0.4 is 0 Å². The van der Waals surface area contributed by atoms with Crippen molar-refractivity contribution in [3.63, 3.8) is 0 Å². The monoisotopic (exact) mass is 310 g/mol. The third kappa shape index (κ3) is 2.94. The molecule has 0 atom stereocenters. The van der Waals surface area contributed by atoms with E-state index in [1.54, 1.807) is 24.3 Å². The van der Waals surface area contributed by atoms with Crippen LogP contribution in [0, 0.1) is 5.82 Å². The first-order chi connectivity index (χ1) is 11.1. The van der Waals surface area contributed by atoms with Crippen molar-refractivity contribution in [2.24, 2.45) is 0 Å². The predicted octanol–water partition coefficient (Wildman–Crippen LogP) is 2.99. The third-order valence-corrected chi connectivity index (χ3v) is 3.45. The summed E-state index contributed by atoms with van der Waals surface area (Å²) in [7, 11) is 0. The molecule has 0 aliphatic heterocycles. The lowest BCUT2D eigenvalue weighted by atomic mass is 9.90. The Morgan fingerprint density at radius 1 is 1.00 bits per heavy atom. The van der Waals surface area contributed by atoms with E-state index >= 15 is 0 Å². The summed E-state index contributed by atoms with van der Waals surface area (Å²) in [5.74, 6) is -1.98. The highest BCUT2D eigenvalue weighted by Gasteiger charge is 2.25. The van der Waals surface area contributed by atoms with Gasteiger partial charge in [0, 0.05) is 16.7 Å². The van der Waals surface area contributed by atoms with E-state index in [0.717, 1.165) is 6.07 Å². The summed E-state index contributed by atoms with van der Waals surface area (Å²) in [5.41, 5.74) is 0.758. The highest BCUT2D eigenvalue weighted by molar-refractivity contribution is 6.24. The zero-order valence-corrected chi connectivity index (χ0v) is 11.9. The smallest absolute Gasteiger partial charge is 0.338 e. The fraction of sp³-hybridized carbons (Fsp3) is 0.0556.